The van der Waals surface area contributed by atoms with E-state index in [1.807, 2.05) is 0 Å². The monoisotopic (exact) mass is 325 g/mol. The molecule has 2 aromatic rings. The van der Waals surface area contributed by atoms with Crippen molar-refractivity contribution in [2.24, 2.45) is 0 Å². The van der Waals surface area contributed by atoms with Gasteiger partial charge in [-0.25, -0.2) is 0 Å². The van der Waals surface area contributed by atoms with Crippen LogP contribution in [0.2, 0.25) is 0 Å². The summed E-state index contributed by atoms with van der Waals surface area (Å²) in [6, 6.07) is 19.6. The van der Waals surface area contributed by atoms with Crippen LogP contribution < -0.4 is 4.74 Å². The van der Waals surface area contributed by atoms with Gasteiger partial charge in [-0.3, -0.25) is 4.90 Å². The molecular formula is C21H27NO2. The summed E-state index contributed by atoms with van der Waals surface area (Å²) < 4.78 is 11.2. The van der Waals surface area contributed by atoms with Gasteiger partial charge < -0.3 is 9.47 Å². The lowest BCUT2D eigenvalue weighted by atomic mass is 10.1. The summed E-state index contributed by atoms with van der Waals surface area (Å²) in [6.07, 6.45) is 3.47. The van der Waals surface area contributed by atoms with Crippen molar-refractivity contribution in [3.8, 4) is 5.75 Å². The molecule has 3 nitrogen and oxygen atoms in total. The van der Waals surface area contributed by atoms with E-state index in [4.69, 9.17) is 9.47 Å². The lowest BCUT2D eigenvalue weighted by Crippen LogP contribution is -2.35. The van der Waals surface area contributed by atoms with Gasteiger partial charge in [0.1, 0.15) is 12.4 Å². The summed E-state index contributed by atoms with van der Waals surface area (Å²) >= 11 is 0. The molecule has 3 heteroatoms. The van der Waals surface area contributed by atoms with E-state index in [0.29, 0.717) is 6.04 Å². The number of ether oxygens (including phenoxy) is 2. The molecule has 1 atom stereocenters. The summed E-state index contributed by atoms with van der Waals surface area (Å²) in [5.74, 6) is 0.953. The summed E-state index contributed by atoms with van der Waals surface area (Å²) in [5.41, 5.74) is 2.65. The largest absolute Gasteiger partial charge is 0.492 e. The molecule has 1 saturated heterocycles. The van der Waals surface area contributed by atoms with Gasteiger partial charge in [0.05, 0.1) is 6.61 Å². The number of rotatable bonds is 8. The van der Waals surface area contributed by atoms with E-state index < -0.39 is 0 Å². The maximum Gasteiger partial charge on any atom is 0.119 e. The van der Waals surface area contributed by atoms with E-state index in [0.717, 1.165) is 38.5 Å². The van der Waals surface area contributed by atoms with Crippen LogP contribution in [0, 0.1) is 0 Å². The normalized spacial score (nSPS) is 18.0. The van der Waals surface area contributed by atoms with Gasteiger partial charge in [-0.1, -0.05) is 42.5 Å². The average Bonchev–Trinajstić information content (AvgIpc) is 3.05. The van der Waals surface area contributed by atoms with Crippen molar-refractivity contribution in [1.82, 2.24) is 4.90 Å². The van der Waals surface area contributed by atoms with Crippen LogP contribution in [0.5, 0.6) is 5.75 Å². The molecule has 0 amide bonds. The molecule has 1 heterocycles. The van der Waals surface area contributed by atoms with E-state index in [2.05, 4.69) is 59.5 Å². The van der Waals surface area contributed by atoms with Crippen molar-refractivity contribution in [3.05, 3.63) is 65.7 Å². The Hall–Kier alpha value is -1.84. The molecule has 2 aromatic carbocycles. The molecule has 1 unspecified atom stereocenters. The number of hydrogen-bond acceptors (Lipinski definition) is 3. The Balaban J connectivity index is 1.44. The van der Waals surface area contributed by atoms with E-state index in [1.165, 1.54) is 24.0 Å². The van der Waals surface area contributed by atoms with Crippen molar-refractivity contribution < 1.29 is 9.47 Å². The summed E-state index contributed by atoms with van der Waals surface area (Å²) in [5, 5.41) is 0. The maximum atomic E-state index is 5.92. The molecule has 0 spiro atoms. The minimum atomic E-state index is 0.562. The maximum absolute atomic E-state index is 5.92. The highest BCUT2D eigenvalue weighted by Gasteiger charge is 2.23. The zero-order chi connectivity index (χ0) is 16.6. The Morgan fingerprint density at radius 2 is 1.75 bits per heavy atom. The molecule has 0 N–H and O–H groups in total. The fourth-order valence-corrected chi connectivity index (χ4v) is 3.39. The van der Waals surface area contributed by atoms with Crippen LogP contribution in [0.3, 0.4) is 0 Å². The third kappa shape index (κ3) is 4.83. The quantitative estimate of drug-likeness (QED) is 0.737. The lowest BCUT2D eigenvalue weighted by molar-refractivity contribution is 0.105. The Labute approximate surface area is 145 Å². The van der Waals surface area contributed by atoms with Crippen LogP contribution in [0.1, 0.15) is 24.0 Å². The van der Waals surface area contributed by atoms with Gasteiger partial charge in [-0.05, 0) is 49.1 Å². The van der Waals surface area contributed by atoms with Gasteiger partial charge in [0.25, 0.3) is 0 Å². The van der Waals surface area contributed by atoms with Crippen LogP contribution in [0.15, 0.2) is 54.6 Å². The molecule has 1 fully saturated rings. The van der Waals surface area contributed by atoms with Crippen LogP contribution >= 0.6 is 0 Å². The minimum absolute atomic E-state index is 0.562. The molecule has 1 aliphatic rings. The van der Waals surface area contributed by atoms with Gasteiger partial charge >= 0.3 is 0 Å². The smallest absolute Gasteiger partial charge is 0.119 e. The van der Waals surface area contributed by atoms with Gasteiger partial charge in [-0.2, -0.15) is 0 Å². The predicted molar refractivity (Wildman–Crippen MR) is 97.7 cm³/mol. The SMILES string of the molecule is COCC1CCCN1CCOc1ccc(Cc2ccccc2)cc1. The summed E-state index contributed by atoms with van der Waals surface area (Å²) in [4.78, 5) is 2.48. The molecule has 24 heavy (non-hydrogen) atoms. The molecule has 3 rings (SSSR count). The predicted octanol–water partition coefficient (Wildman–Crippen LogP) is 3.77. The third-order valence-electron chi connectivity index (χ3n) is 4.68. The Kier molecular flexibility index (Phi) is 6.27. The van der Waals surface area contributed by atoms with E-state index >= 15 is 0 Å². The first-order valence-electron chi connectivity index (χ1n) is 8.84. The molecule has 0 aromatic heterocycles. The van der Waals surface area contributed by atoms with E-state index in [9.17, 15) is 0 Å². The molecular weight excluding hydrogens is 298 g/mol. The van der Waals surface area contributed by atoms with Crippen molar-refractivity contribution in [2.45, 2.75) is 25.3 Å². The second kappa shape index (κ2) is 8.86. The zero-order valence-electron chi connectivity index (χ0n) is 14.5. The van der Waals surface area contributed by atoms with E-state index in [1.54, 1.807) is 7.11 Å². The number of nitrogens with zero attached hydrogens (tertiary/aromatic N) is 1. The van der Waals surface area contributed by atoms with Crippen LogP contribution in [0.4, 0.5) is 0 Å². The minimum Gasteiger partial charge on any atom is -0.492 e. The molecule has 0 bridgehead atoms. The van der Waals surface area contributed by atoms with Gasteiger partial charge in [0, 0.05) is 19.7 Å². The van der Waals surface area contributed by atoms with Gasteiger partial charge in [0.15, 0.2) is 0 Å². The Morgan fingerprint density at radius 1 is 1.00 bits per heavy atom. The zero-order valence-corrected chi connectivity index (χ0v) is 14.5. The average molecular weight is 325 g/mol. The van der Waals surface area contributed by atoms with E-state index in [-0.39, 0.29) is 0 Å². The topological polar surface area (TPSA) is 21.7 Å². The molecule has 0 aliphatic carbocycles. The summed E-state index contributed by atoms with van der Waals surface area (Å²) in [6.45, 7) is 3.69. The van der Waals surface area contributed by atoms with Gasteiger partial charge in [-0.15, -0.1) is 0 Å². The second-order valence-corrected chi connectivity index (χ2v) is 6.44. The fraction of sp³-hybridized carbons (Fsp3) is 0.429. The second-order valence-electron chi connectivity index (χ2n) is 6.44. The number of hydrogen-bond donors (Lipinski definition) is 0. The van der Waals surface area contributed by atoms with Crippen molar-refractivity contribution in [2.75, 3.05) is 33.4 Å². The highest BCUT2D eigenvalue weighted by atomic mass is 16.5. The first-order chi connectivity index (χ1) is 11.8. The Bertz CT molecular complexity index is 597. The van der Waals surface area contributed by atoms with Crippen LogP contribution in [0.25, 0.3) is 0 Å². The summed E-state index contributed by atoms with van der Waals surface area (Å²) in [7, 11) is 1.78. The number of methoxy groups -OCH3 is 1. The standard InChI is InChI=1S/C21H27NO2/c1-23-17-20-8-5-13-22(20)14-15-24-21-11-9-19(10-12-21)16-18-6-3-2-4-7-18/h2-4,6-7,9-12,20H,5,8,13-17H2,1H3. The first-order valence-corrected chi connectivity index (χ1v) is 8.84. The third-order valence-corrected chi connectivity index (χ3v) is 4.68. The molecule has 0 saturated carbocycles. The lowest BCUT2D eigenvalue weighted by Gasteiger charge is -2.23. The number of likely N-dealkylation sites (tertiary alicyclic amines) is 1. The van der Waals surface area contributed by atoms with Gasteiger partial charge in [0.2, 0.25) is 0 Å². The molecule has 1 aliphatic heterocycles. The highest BCUT2D eigenvalue weighted by Crippen LogP contribution is 2.18. The van der Waals surface area contributed by atoms with Crippen molar-refractivity contribution in [3.63, 3.8) is 0 Å². The molecule has 0 radical (unpaired) electrons. The van der Waals surface area contributed by atoms with Crippen molar-refractivity contribution in [1.29, 1.82) is 0 Å². The number of benzene rings is 2. The first kappa shape index (κ1) is 17.0. The van der Waals surface area contributed by atoms with Crippen molar-refractivity contribution >= 4 is 0 Å². The fourth-order valence-electron chi connectivity index (χ4n) is 3.39. The Morgan fingerprint density at radius 3 is 2.50 bits per heavy atom. The highest BCUT2D eigenvalue weighted by molar-refractivity contribution is 5.31. The molecule has 128 valence electrons. The van der Waals surface area contributed by atoms with Crippen LogP contribution in [-0.2, 0) is 11.2 Å². The van der Waals surface area contributed by atoms with Crippen LogP contribution in [-0.4, -0.2) is 44.4 Å².